The van der Waals surface area contributed by atoms with Gasteiger partial charge in [0.2, 0.25) is 0 Å². The second-order valence-corrected chi connectivity index (χ2v) is 5.20. The van der Waals surface area contributed by atoms with Crippen LogP contribution in [0.2, 0.25) is 5.02 Å². The number of hydrogen-bond acceptors (Lipinski definition) is 1. The molecular formula is C12H15ClFN. The topological polar surface area (TPSA) is 26.0 Å². The van der Waals surface area contributed by atoms with Crippen molar-refractivity contribution in [2.45, 2.75) is 30.8 Å². The van der Waals surface area contributed by atoms with Crippen molar-refractivity contribution in [1.82, 2.24) is 0 Å². The molecule has 1 aliphatic carbocycles. The number of hydrogen-bond donors (Lipinski definition) is 1. The first-order valence-electron chi connectivity index (χ1n) is 5.13. The maximum absolute atomic E-state index is 13.6. The van der Waals surface area contributed by atoms with Crippen LogP contribution in [0, 0.1) is 0 Å². The highest BCUT2D eigenvalue weighted by atomic mass is 35.5. The van der Waals surface area contributed by atoms with Gasteiger partial charge in [-0.05, 0) is 37.5 Å². The minimum Gasteiger partial charge on any atom is -0.330 e. The molecule has 0 aromatic heterocycles. The first-order chi connectivity index (χ1) is 6.97. The molecule has 1 nitrogen and oxygen atoms in total. The molecule has 0 unspecified atom stereocenters. The van der Waals surface area contributed by atoms with E-state index in [0.29, 0.717) is 24.4 Å². The van der Waals surface area contributed by atoms with Crippen LogP contribution in [0.3, 0.4) is 0 Å². The molecule has 0 amide bonds. The second-order valence-electron chi connectivity index (χ2n) is 4.76. The summed E-state index contributed by atoms with van der Waals surface area (Å²) in [4.78, 5) is 0. The lowest BCUT2D eigenvalue weighted by molar-refractivity contribution is 0.00274. The summed E-state index contributed by atoms with van der Waals surface area (Å²) >= 11 is 5.93. The standard InChI is InChI=1S/C12H15ClFN/c1-11(14)6-12(7-11,8-15)9-3-2-4-10(13)5-9/h2-5H,6-8,15H2,1H3. The molecule has 15 heavy (non-hydrogen) atoms. The van der Waals surface area contributed by atoms with Crippen LogP contribution in [0.25, 0.3) is 0 Å². The second kappa shape index (κ2) is 3.46. The Morgan fingerprint density at radius 3 is 2.60 bits per heavy atom. The van der Waals surface area contributed by atoms with Crippen molar-refractivity contribution >= 4 is 11.6 Å². The van der Waals surface area contributed by atoms with Gasteiger partial charge in [0.05, 0.1) is 0 Å². The van der Waals surface area contributed by atoms with Gasteiger partial charge in [0.25, 0.3) is 0 Å². The van der Waals surface area contributed by atoms with Crippen molar-refractivity contribution in [2.24, 2.45) is 5.73 Å². The minimum absolute atomic E-state index is 0.200. The number of nitrogens with two attached hydrogens (primary N) is 1. The maximum atomic E-state index is 13.6. The van der Waals surface area contributed by atoms with Crippen LogP contribution < -0.4 is 5.73 Å². The van der Waals surface area contributed by atoms with E-state index in [2.05, 4.69) is 0 Å². The normalized spacial score (nSPS) is 34.9. The summed E-state index contributed by atoms with van der Waals surface area (Å²) in [7, 11) is 0. The Morgan fingerprint density at radius 2 is 2.13 bits per heavy atom. The van der Waals surface area contributed by atoms with Crippen molar-refractivity contribution in [3.8, 4) is 0 Å². The Kier molecular flexibility index (Phi) is 2.52. The monoisotopic (exact) mass is 227 g/mol. The lowest BCUT2D eigenvalue weighted by Gasteiger charge is -2.50. The first kappa shape index (κ1) is 10.9. The maximum Gasteiger partial charge on any atom is 0.110 e. The smallest absolute Gasteiger partial charge is 0.110 e. The molecule has 0 radical (unpaired) electrons. The molecule has 1 aromatic carbocycles. The van der Waals surface area contributed by atoms with Gasteiger partial charge in [0.1, 0.15) is 5.67 Å². The summed E-state index contributed by atoms with van der Waals surface area (Å²) in [6.45, 7) is 2.11. The average molecular weight is 228 g/mol. The van der Waals surface area contributed by atoms with Gasteiger partial charge in [0, 0.05) is 17.0 Å². The summed E-state index contributed by atoms with van der Waals surface area (Å²) in [6.07, 6.45) is 0.994. The summed E-state index contributed by atoms with van der Waals surface area (Å²) < 4.78 is 13.6. The molecule has 0 spiro atoms. The Bertz CT molecular complexity index is 368. The van der Waals surface area contributed by atoms with Gasteiger partial charge in [0.15, 0.2) is 0 Å². The summed E-state index contributed by atoms with van der Waals surface area (Å²) in [5, 5.41) is 0.688. The molecule has 0 atom stereocenters. The van der Waals surface area contributed by atoms with E-state index in [1.54, 1.807) is 6.92 Å². The van der Waals surface area contributed by atoms with Crippen molar-refractivity contribution in [1.29, 1.82) is 0 Å². The van der Waals surface area contributed by atoms with E-state index in [-0.39, 0.29) is 5.41 Å². The van der Waals surface area contributed by atoms with Crippen molar-refractivity contribution in [3.05, 3.63) is 34.9 Å². The number of rotatable bonds is 2. The molecular weight excluding hydrogens is 213 g/mol. The zero-order valence-electron chi connectivity index (χ0n) is 8.76. The molecule has 82 valence electrons. The number of halogens is 2. The van der Waals surface area contributed by atoms with Gasteiger partial charge in [-0.3, -0.25) is 0 Å². The van der Waals surface area contributed by atoms with Crippen LogP contribution in [0.5, 0.6) is 0 Å². The fraction of sp³-hybridized carbons (Fsp3) is 0.500. The third-order valence-electron chi connectivity index (χ3n) is 3.24. The van der Waals surface area contributed by atoms with Gasteiger partial charge in [-0.2, -0.15) is 0 Å². The third kappa shape index (κ3) is 1.88. The summed E-state index contributed by atoms with van der Waals surface area (Å²) in [6, 6.07) is 7.59. The highest BCUT2D eigenvalue weighted by molar-refractivity contribution is 6.30. The molecule has 1 fully saturated rings. The zero-order valence-corrected chi connectivity index (χ0v) is 9.52. The predicted octanol–water partition coefficient (Wildman–Crippen LogP) is 3.06. The Labute approximate surface area is 94.4 Å². The van der Waals surface area contributed by atoms with Crippen molar-refractivity contribution in [2.75, 3.05) is 6.54 Å². The molecule has 2 rings (SSSR count). The van der Waals surface area contributed by atoms with E-state index in [1.165, 1.54) is 0 Å². The van der Waals surface area contributed by atoms with Crippen molar-refractivity contribution in [3.63, 3.8) is 0 Å². The minimum atomic E-state index is -1.07. The third-order valence-corrected chi connectivity index (χ3v) is 3.48. The van der Waals surface area contributed by atoms with Crippen LogP contribution >= 0.6 is 11.6 Å². The van der Waals surface area contributed by atoms with Gasteiger partial charge in [-0.15, -0.1) is 0 Å². The SMILES string of the molecule is CC1(F)CC(CN)(c2cccc(Cl)c2)C1. The highest BCUT2D eigenvalue weighted by Crippen LogP contribution is 2.51. The largest absolute Gasteiger partial charge is 0.330 e. The molecule has 0 heterocycles. The van der Waals surface area contributed by atoms with Crippen LogP contribution in [0.4, 0.5) is 4.39 Å². The molecule has 0 saturated heterocycles. The molecule has 1 saturated carbocycles. The molecule has 0 aliphatic heterocycles. The summed E-state index contributed by atoms with van der Waals surface area (Å²) in [5.41, 5.74) is 5.56. The zero-order chi connectivity index (χ0) is 11.1. The highest BCUT2D eigenvalue weighted by Gasteiger charge is 2.52. The fourth-order valence-corrected chi connectivity index (χ4v) is 2.83. The number of benzene rings is 1. The number of alkyl halides is 1. The van der Waals surface area contributed by atoms with Gasteiger partial charge in [-0.1, -0.05) is 23.7 Å². The van der Waals surface area contributed by atoms with Crippen LogP contribution in [0.15, 0.2) is 24.3 Å². The Morgan fingerprint density at radius 1 is 1.47 bits per heavy atom. The van der Waals surface area contributed by atoms with Gasteiger partial charge >= 0.3 is 0 Å². The van der Waals surface area contributed by atoms with E-state index in [1.807, 2.05) is 24.3 Å². The van der Waals surface area contributed by atoms with E-state index in [4.69, 9.17) is 17.3 Å². The fourth-order valence-electron chi connectivity index (χ4n) is 2.64. The van der Waals surface area contributed by atoms with Gasteiger partial charge in [-0.25, -0.2) is 4.39 Å². The van der Waals surface area contributed by atoms with E-state index < -0.39 is 5.67 Å². The predicted molar refractivity (Wildman–Crippen MR) is 60.9 cm³/mol. The lowest BCUT2D eigenvalue weighted by Crippen LogP contribution is -2.54. The molecule has 0 bridgehead atoms. The van der Waals surface area contributed by atoms with Crippen LogP contribution in [-0.4, -0.2) is 12.2 Å². The Balaban J connectivity index is 2.29. The Hall–Kier alpha value is -0.600. The molecule has 2 N–H and O–H groups in total. The lowest BCUT2D eigenvalue weighted by atomic mass is 9.57. The summed E-state index contributed by atoms with van der Waals surface area (Å²) in [5.74, 6) is 0. The molecule has 1 aromatic rings. The van der Waals surface area contributed by atoms with Crippen LogP contribution in [0.1, 0.15) is 25.3 Å². The van der Waals surface area contributed by atoms with Gasteiger partial charge < -0.3 is 5.73 Å². The molecule has 1 aliphatic rings. The average Bonchev–Trinajstić information content (AvgIpc) is 2.13. The van der Waals surface area contributed by atoms with E-state index in [0.717, 1.165) is 5.56 Å². The van der Waals surface area contributed by atoms with Crippen LogP contribution in [-0.2, 0) is 5.41 Å². The quantitative estimate of drug-likeness (QED) is 0.826. The van der Waals surface area contributed by atoms with E-state index >= 15 is 0 Å². The van der Waals surface area contributed by atoms with E-state index in [9.17, 15) is 4.39 Å². The molecule has 3 heteroatoms. The first-order valence-corrected chi connectivity index (χ1v) is 5.50. The van der Waals surface area contributed by atoms with Crippen molar-refractivity contribution < 1.29 is 4.39 Å².